The van der Waals surface area contributed by atoms with Gasteiger partial charge in [-0.15, -0.1) is 0 Å². The molecule has 1 aliphatic rings. The van der Waals surface area contributed by atoms with E-state index < -0.39 is 42.5 Å². The number of nitrogens with two attached hydrogens (primary N) is 1. The SMILES string of the molecule is N[C@@H](Cc1c[nH]c2ccccc12)C(=O)N1Cc2ccccc2C[C@H]1C(=O)N[C@H](CO)C(=O)O. The van der Waals surface area contributed by atoms with E-state index in [4.69, 9.17) is 5.73 Å². The van der Waals surface area contributed by atoms with Crippen molar-refractivity contribution in [3.8, 4) is 0 Å². The summed E-state index contributed by atoms with van der Waals surface area (Å²) in [6.07, 6.45) is 2.33. The quantitative estimate of drug-likeness (QED) is 0.355. The number of rotatable bonds is 7. The van der Waals surface area contributed by atoms with Gasteiger partial charge < -0.3 is 31.1 Å². The molecule has 1 aromatic heterocycles. The van der Waals surface area contributed by atoms with Gasteiger partial charge in [-0.25, -0.2) is 4.79 Å². The number of aromatic amines is 1. The van der Waals surface area contributed by atoms with E-state index in [-0.39, 0.29) is 19.4 Å². The van der Waals surface area contributed by atoms with Crippen molar-refractivity contribution in [2.45, 2.75) is 37.5 Å². The van der Waals surface area contributed by atoms with Crippen LogP contribution in [0.3, 0.4) is 0 Å². The highest BCUT2D eigenvalue weighted by molar-refractivity contribution is 5.93. The lowest BCUT2D eigenvalue weighted by Gasteiger charge is -2.37. The summed E-state index contributed by atoms with van der Waals surface area (Å²) in [6, 6.07) is 11.9. The van der Waals surface area contributed by atoms with Crippen molar-refractivity contribution in [3.05, 3.63) is 71.4 Å². The lowest BCUT2D eigenvalue weighted by molar-refractivity contribution is -0.146. The van der Waals surface area contributed by atoms with E-state index in [1.54, 1.807) is 0 Å². The minimum Gasteiger partial charge on any atom is -0.480 e. The Morgan fingerprint density at radius 1 is 1.12 bits per heavy atom. The van der Waals surface area contributed by atoms with E-state index in [9.17, 15) is 24.6 Å². The average molecular weight is 450 g/mol. The third kappa shape index (κ3) is 4.59. The van der Waals surface area contributed by atoms with Gasteiger partial charge >= 0.3 is 5.97 Å². The summed E-state index contributed by atoms with van der Waals surface area (Å²) in [5.74, 6) is -2.39. The molecule has 0 fully saturated rings. The topological polar surface area (TPSA) is 149 Å². The Balaban J connectivity index is 1.58. The molecule has 0 saturated carbocycles. The highest BCUT2D eigenvalue weighted by atomic mass is 16.4. The first-order valence-corrected chi connectivity index (χ1v) is 10.7. The average Bonchev–Trinajstić information content (AvgIpc) is 3.23. The standard InChI is InChI=1S/C24H26N4O5/c25-18(9-16-11-26-19-8-4-3-7-17(16)19)23(31)28-12-15-6-2-1-5-14(15)10-21(28)22(30)27-20(13-29)24(32)33/h1-8,11,18,20-21,26,29H,9-10,12-13,25H2,(H,27,30)(H,32,33)/t18-,20+,21-/m0/s1. The molecule has 0 spiro atoms. The molecule has 0 saturated heterocycles. The second-order valence-electron chi connectivity index (χ2n) is 8.21. The molecule has 33 heavy (non-hydrogen) atoms. The van der Waals surface area contributed by atoms with Gasteiger partial charge in [0.05, 0.1) is 12.6 Å². The Morgan fingerprint density at radius 3 is 2.55 bits per heavy atom. The van der Waals surface area contributed by atoms with Gasteiger partial charge in [0.25, 0.3) is 0 Å². The first-order valence-electron chi connectivity index (χ1n) is 10.7. The van der Waals surface area contributed by atoms with Gasteiger partial charge in [-0.05, 0) is 29.2 Å². The zero-order valence-electron chi connectivity index (χ0n) is 17.9. The smallest absolute Gasteiger partial charge is 0.328 e. The zero-order chi connectivity index (χ0) is 23.5. The van der Waals surface area contributed by atoms with Crippen molar-refractivity contribution >= 4 is 28.7 Å². The van der Waals surface area contributed by atoms with Gasteiger partial charge in [0.15, 0.2) is 0 Å². The highest BCUT2D eigenvalue weighted by Crippen LogP contribution is 2.25. The van der Waals surface area contributed by atoms with Crippen LogP contribution in [-0.2, 0) is 33.8 Å². The van der Waals surface area contributed by atoms with Gasteiger partial charge in [-0.2, -0.15) is 0 Å². The number of H-pyrrole nitrogens is 1. The summed E-state index contributed by atoms with van der Waals surface area (Å²) < 4.78 is 0. The molecule has 6 N–H and O–H groups in total. The number of nitrogens with one attached hydrogen (secondary N) is 2. The third-order valence-corrected chi connectivity index (χ3v) is 6.06. The number of aliphatic hydroxyl groups excluding tert-OH is 1. The maximum Gasteiger partial charge on any atom is 0.328 e. The van der Waals surface area contributed by atoms with E-state index in [1.165, 1.54) is 4.90 Å². The lowest BCUT2D eigenvalue weighted by Crippen LogP contribution is -2.59. The number of carbonyl (C=O) groups is 3. The number of carbonyl (C=O) groups excluding carboxylic acids is 2. The fraction of sp³-hybridized carbons (Fsp3) is 0.292. The van der Waals surface area contributed by atoms with Crippen LogP contribution >= 0.6 is 0 Å². The molecule has 2 heterocycles. The number of nitrogens with zero attached hydrogens (tertiary/aromatic N) is 1. The summed E-state index contributed by atoms with van der Waals surface area (Å²) in [5.41, 5.74) is 9.97. The number of para-hydroxylation sites is 1. The van der Waals surface area contributed by atoms with Gasteiger partial charge in [-0.3, -0.25) is 9.59 Å². The molecule has 3 atom stereocenters. The largest absolute Gasteiger partial charge is 0.480 e. The van der Waals surface area contributed by atoms with Crippen molar-refractivity contribution in [1.82, 2.24) is 15.2 Å². The summed E-state index contributed by atoms with van der Waals surface area (Å²) in [7, 11) is 0. The highest BCUT2D eigenvalue weighted by Gasteiger charge is 2.37. The molecule has 1 aliphatic heterocycles. The van der Waals surface area contributed by atoms with Crippen LogP contribution < -0.4 is 11.1 Å². The minimum atomic E-state index is -1.45. The normalized spacial score (nSPS) is 17.3. The number of aromatic nitrogens is 1. The number of carboxylic acid groups (broad SMARTS) is 1. The molecule has 9 heteroatoms. The Hall–Kier alpha value is -3.69. The molecule has 172 valence electrons. The molecule has 0 unspecified atom stereocenters. The molecular formula is C24H26N4O5. The van der Waals surface area contributed by atoms with Crippen molar-refractivity contribution in [2.75, 3.05) is 6.61 Å². The first-order chi connectivity index (χ1) is 15.9. The Bertz CT molecular complexity index is 1190. The van der Waals surface area contributed by atoms with Gasteiger partial charge in [0.2, 0.25) is 11.8 Å². The second-order valence-corrected chi connectivity index (χ2v) is 8.21. The van der Waals surface area contributed by atoms with Crippen molar-refractivity contribution in [3.63, 3.8) is 0 Å². The van der Waals surface area contributed by atoms with Gasteiger partial charge in [0.1, 0.15) is 12.1 Å². The lowest BCUT2D eigenvalue weighted by atomic mass is 9.92. The third-order valence-electron chi connectivity index (χ3n) is 6.06. The molecule has 3 aromatic rings. The van der Waals surface area contributed by atoms with E-state index in [0.717, 1.165) is 27.6 Å². The molecule has 0 bridgehead atoms. The van der Waals surface area contributed by atoms with E-state index in [2.05, 4.69) is 10.3 Å². The number of aliphatic hydroxyl groups is 1. The van der Waals surface area contributed by atoms with E-state index in [0.29, 0.717) is 0 Å². The molecule has 0 aliphatic carbocycles. The summed E-state index contributed by atoms with van der Waals surface area (Å²) >= 11 is 0. The Kier molecular flexibility index (Phi) is 6.43. The molecule has 0 radical (unpaired) electrons. The fourth-order valence-electron chi connectivity index (χ4n) is 4.28. The number of aliphatic carboxylic acids is 1. The molecule has 2 aromatic carbocycles. The maximum absolute atomic E-state index is 13.4. The monoisotopic (exact) mass is 450 g/mol. The van der Waals surface area contributed by atoms with Crippen LogP contribution in [0.5, 0.6) is 0 Å². The Morgan fingerprint density at radius 2 is 1.82 bits per heavy atom. The van der Waals surface area contributed by atoms with Crippen LogP contribution in [0.4, 0.5) is 0 Å². The van der Waals surface area contributed by atoms with Crippen molar-refractivity contribution < 1.29 is 24.6 Å². The van der Waals surface area contributed by atoms with Crippen LogP contribution in [0, 0.1) is 0 Å². The number of amides is 2. The summed E-state index contributed by atoms with van der Waals surface area (Å²) in [4.78, 5) is 42.3. The van der Waals surface area contributed by atoms with E-state index in [1.807, 2.05) is 54.7 Å². The van der Waals surface area contributed by atoms with Crippen LogP contribution in [0.25, 0.3) is 10.9 Å². The zero-order valence-corrected chi connectivity index (χ0v) is 17.9. The Labute approximate surface area is 190 Å². The number of fused-ring (bicyclic) bond motifs is 2. The number of hydrogen-bond donors (Lipinski definition) is 5. The number of benzene rings is 2. The molecular weight excluding hydrogens is 424 g/mol. The second kappa shape index (κ2) is 9.43. The minimum absolute atomic E-state index is 0.186. The van der Waals surface area contributed by atoms with Gasteiger partial charge in [-0.1, -0.05) is 42.5 Å². The predicted octanol–water partition coefficient (Wildman–Crippen LogP) is 0.553. The molecule has 9 nitrogen and oxygen atoms in total. The maximum atomic E-state index is 13.4. The van der Waals surface area contributed by atoms with Crippen molar-refractivity contribution in [1.29, 1.82) is 0 Å². The van der Waals surface area contributed by atoms with Crippen LogP contribution in [0.1, 0.15) is 16.7 Å². The summed E-state index contributed by atoms with van der Waals surface area (Å²) in [6.45, 7) is -0.566. The van der Waals surface area contributed by atoms with Crippen LogP contribution in [0.2, 0.25) is 0 Å². The number of carboxylic acids is 1. The molecule has 4 rings (SSSR count). The molecule has 2 amide bonds. The van der Waals surface area contributed by atoms with E-state index >= 15 is 0 Å². The number of hydrogen-bond acceptors (Lipinski definition) is 5. The predicted molar refractivity (Wildman–Crippen MR) is 121 cm³/mol. The van der Waals surface area contributed by atoms with Crippen LogP contribution in [-0.4, -0.2) is 62.6 Å². The fourth-order valence-corrected chi connectivity index (χ4v) is 4.28. The van der Waals surface area contributed by atoms with Crippen LogP contribution in [0.15, 0.2) is 54.7 Å². The summed E-state index contributed by atoms with van der Waals surface area (Å²) in [5, 5.41) is 21.8. The van der Waals surface area contributed by atoms with Crippen molar-refractivity contribution in [2.24, 2.45) is 5.73 Å². The van der Waals surface area contributed by atoms with Gasteiger partial charge in [0, 0.05) is 30.1 Å². The first kappa shape index (κ1) is 22.5.